The molecule has 0 unspecified atom stereocenters. The lowest BCUT2D eigenvalue weighted by Gasteiger charge is -2.14. The number of fused-ring (bicyclic) bond motifs is 2. The summed E-state index contributed by atoms with van der Waals surface area (Å²) in [5.41, 5.74) is 2.24. The molecule has 0 aliphatic rings. The maximum absolute atomic E-state index is 13.7. The summed E-state index contributed by atoms with van der Waals surface area (Å²) in [6, 6.07) is 17.2. The van der Waals surface area contributed by atoms with E-state index in [4.69, 9.17) is 4.98 Å². The van der Waals surface area contributed by atoms with Crippen LogP contribution < -0.4 is 11.0 Å². The fourth-order valence-corrected chi connectivity index (χ4v) is 5.39. The highest BCUT2D eigenvalue weighted by Crippen LogP contribution is 2.29. The summed E-state index contributed by atoms with van der Waals surface area (Å²) >= 11 is 2.90. The van der Waals surface area contributed by atoms with Crippen LogP contribution >= 0.6 is 22.7 Å². The van der Waals surface area contributed by atoms with Crippen LogP contribution in [0.4, 0.5) is 0 Å². The number of rotatable bonds is 2. The van der Waals surface area contributed by atoms with Crippen molar-refractivity contribution < 1.29 is 0 Å². The Morgan fingerprint density at radius 2 is 1.69 bits per heavy atom. The Bertz CT molecular complexity index is 1490. The molecule has 0 saturated carbocycles. The molecule has 0 saturated heterocycles. The quantitative estimate of drug-likeness (QED) is 0.367. The fourth-order valence-electron chi connectivity index (χ4n) is 3.64. The largest absolute Gasteiger partial charge is 0.288 e. The van der Waals surface area contributed by atoms with Gasteiger partial charge in [-0.3, -0.25) is 14.2 Å². The summed E-state index contributed by atoms with van der Waals surface area (Å²) in [6.07, 6.45) is 0. The summed E-state index contributed by atoms with van der Waals surface area (Å²) in [5.74, 6) is 0.563. The predicted molar refractivity (Wildman–Crippen MR) is 122 cm³/mol. The molecule has 29 heavy (non-hydrogen) atoms. The van der Waals surface area contributed by atoms with E-state index in [-0.39, 0.29) is 16.4 Å². The van der Waals surface area contributed by atoms with Crippen molar-refractivity contribution in [2.75, 3.05) is 0 Å². The molecule has 0 fully saturated rings. The van der Waals surface area contributed by atoms with Crippen molar-refractivity contribution >= 4 is 43.0 Å². The predicted octanol–water partition coefficient (Wildman–Crippen LogP) is 5.31. The van der Waals surface area contributed by atoms with E-state index >= 15 is 0 Å². The Labute approximate surface area is 174 Å². The van der Waals surface area contributed by atoms with E-state index in [1.807, 2.05) is 61.7 Å². The van der Waals surface area contributed by atoms with E-state index in [2.05, 4.69) is 6.07 Å². The number of thiophene rings is 1. The molecule has 5 aromatic rings. The van der Waals surface area contributed by atoms with E-state index in [0.717, 1.165) is 26.4 Å². The summed E-state index contributed by atoms with van der Waals surface area (Å²) in [6.45, 7) is 3.99. The molecule has 0 amide bonds. The minimum absolute atomic E-state index is 0.146. The van der Waals surface area contributed by atoms with Gasteiger partial charge in [-0.05, 0) is 60.7 Å². The highest BCUT2D eigenvalue weighted by atomic mass is 32.1. The minimum atomic E-state index is -0.324. The summed E-state index contributed by atoms with van der Waals surface area (Å²) < 4.78 is 2.41. The molecule has 0 spiro atoms. The Kier molecular flexibility index (Phi) is 4.19. The standard InChI is InChI=1S/C23H16N2O2S2/c1-13-10-14(2)12-15(11-13)25-21(18-8-5-9-28-18)24-22-19(23(25)27)20(26)16-6-3-4-7-17(16)29-22/h3-12H,1-2H3. The first-order chi connectivity index (χ1) is 14.0. The molecule has 0 atom stereocenters. The number of aromatic nitrogens is 2. The van der Waals surface area contributed by atoms with Crippen molar-refractivity contribution in [2.24, 2.45) is 0 Å². The lowest BCUT2D eigenvalue weighted by Crippen LogP contribution is -2.26. The number of aryl methyl sites for hydroxylation is 2. The Hall–Kier alpha value is -3.09. The Morgan fingerprint density at radius 3 is 2.41 bits per heavy atom. The maximum atomic E-state index is 13.7. The van der Waals surface area contributed by atoms with Crippen molar-refractivity contribution in [3.05, 3.63) is 91.7 Å². The van der Waals surface area contributed by atoms with E-state index < -0.39 is 0 Å². The highest BCUT2D eigenvalue weighted by Gasteiger charge is 2.19. The number of benzene rings is 2. The number of nitrogens with zero attached hydrogens (tertiary/aromatic N) is 2. The summed E-state index contributed by atoms with van der Waals surface area (Å²) in [5, 5.41) is 2.66. The molecule has 6 heteroatoms. The average Bonchev–Trinajstić information content (AvgIpc) is 3.21. The van der Waals surface area contributed by atoms with E-state index in [1.165, 1.54) is 22.7 Å². The molecule has 0 radical (unpaired) electrons. The van der Waals surface area contributed by atoms with E-state index in [1.54, 1.807) is 10.6 Å². The average molecular weight is 417 g/mol. The van der Waals surface area contributed by atoms with Crippen LogP contribution in [0.1, 0.15) is 11.1 Å². The van der Waals surface area contributed by atoms with Gasteiger partial charge in [0.05, 0.1) is 10.6 Å². The molecule has 0 aliphatic heterocycles. The normalized spacial score (nSPS) is 11.4. The zero-order chi connectivity index (χ0) is 20.1. The van der Waals surface area contributed by atoms with Crippen LogP contribution in [0, 0.1) is 13.8 Å². The van der Waals surface area contributed by atoms with Crippen molar-refractivity contribution in [3.63, 3.8) is 0 Å². The minimum Gasteiger partial charge on any atom is -0.288 e. The van der Waals surface area contributed by atoms with Crippen molar-refractivity contribution in [1.29, 1.82) is 0 Å². The second-order valence-electron chi connectivity index (χ2n) is 7.01. The molecular weight excluding hydrogens is 400 g/mol. The molecule has 4 nitrogen and oxygen atoms in total. The van der Waals surface area contributed by atoms with Crippen LogP contribution in [-0.4, -0.2) is 9.55 Å². The van der Waals surface area contributed by atoms with Crippen LogP contribution in [-0.2, 0) is 0 Å². The molecule has 0 N–H and O–H groups in total. The molecule has 5 rings (SSSR count). The third-order valence-electron chi connectivity index (χ3n) is 4.82. The zero-order valence-electron chi connectivity index (χ0n) is 15.8. The number of hydrogen-bond donors (Lipinski definition) is 0. The van der Waals surface area contributed by atoms with Gasteiger partial charge < -0.3 is 0 Å². The van der Waals surface area contributed by atoms with Crippen LogP contribution in [0.25, 0.3) is 36.7 Å². The van der Waals surface area contributed by atoms with Gasteiger partial charge in [-0.25, -0.2) is 4.98 Å². The van der Waals surface area contributed by atoms with Crippen molar-refractivity contribution in [2.45, 2.75) is 13.8 Å². The molecule has 0 aliphatic carbocycles. The third-order valence-corrected chi connectivity index (χ3v) is 6.75. The SMILES string of the molecule is Cc1cc(C)cc(-n2c(-c3cccs3)nc3sc4ccccc4c(=O)c3c2=O)c1. The summed E-state index contributed by atoms with van der Waals surface area (Å²) in [4.78, 5) is 33.0. The van der Waals surface area contributed by atoms with Crippen molar-refractivity contribution in [3.8, 4) is 16.4 Å². The monoisotopic (exact) mass is 416 g/mol. The first-order valence-electron chi connectivity index (χ1n) is 9.14. The lowest BCUT2D eigenvalue weighted by molar-refractivity contribution is 0.977. The molecule has 142 valence electrons. The Balaban J connectivity index is 1.99. The maximum Gasteiger partial charge on any atom is 0.271 e. The van der Waals surface area contributed by atoms with Gasteiger partial charge in [-0.2, -0.15) is 0 Å². The van der Waals surface area contributed by atoms with Gasteiger partial charge in [-0.15, -0.1) is 22.7 Å². The lowest BCUT2D eigenvalue weighted by atomic mass is 10.1. The molecule has 3 aromatic heterocycles. The molecule has 2 aromatic carbocycles. The molecular formula is C23H16N2O2S2. The smallest absolute Gasteiger partial charge is 0.271 e. The van der Waals surface area contributed by atoms with Gasteiger partial charge >= 0.3 is 0 Å². The van der Waals surface area contributed by atoms with Crippen LogP contribution in [0.3, 0.4) is 0 Å². The topological polar surface area (TPSA) is 52.0 Å². The number of hydrogen-bond acceptors (Lipinski definition) is 5. The Morgan fingerprint density at radius 1 is 0.931 bits per heavy atom. The van der Waals surface area contributed by atoms with E-state index in [0.29, 0.717) is 16.0 Å². The third kappa shape index (κ3) is 2.92. The summed E-state index contributed by atoms with van der Waals surface area (Å²) in [7, 11) is 0. The van der Waals surface area contributed by atoms with Crippen molar-refractivity contribution in [1.82, 2.24) is 9.55 Å². The van der Waals surface area contributed by atoms with Gasteiger partial charge in [0.25, 0.3) is 5.56 Å². The van der Waals surface area contributed by atoms with Crippen LogP contribution in [0.15, 0.2) is 69.6 Å². The first-order valence-corrected chi connectivity index (χ1v) is 10.8. The van der Waals surface area contributed by atoms with Crippen LogP contribution in [0.2, 0.25) is 0 Å². The van der Waals surface area contributed by atoms with Gasteiger partial charge in [0.1, 0.15) is 10.2 Å². The van der Waals surface area contributed by atoms with Crippen LogP contribution in [0.5, 0.6) is 0 Å². The zero-order valence-corrected chi connectivity index (χ0v) is 17.4. The van der Waals surface area contributed by atoms with Gasteiger partial charge in [-0.1, -0.05) is 24.3 Å². The van der Waals surface area contributed by atoms with Gasteiger partial charge in [0, 0.05) is 10.1 Å². The van der Waals surface area contributed by atoms with Gasteiger partial charge in [0.2, 0.25) is 5.43 Å². The second-order valence-corrected chi connectivity index (χ2v) is 8.99. The highest BCUT2D eigenvalue weighted by molar-refractivity contribution is 7.24. The first kappa shape index (κ1) is 18.0. The fraction of sp³-hybridized carbons (Fsp3) is 0.0870. The molecule has 3 heterocycles. The van der Waals surface area contributed by atoms with E-state index in [9.17, 15) is 9.59 Å². The molecule has 0 bridgehead atoms. The van der Waals surface area contributed by atoms with Gasteiger partial charge in [0.15, 0.2) is 5.82 Å². The second kappa shape index (κ2) is 6.76.